The van der Waals surface area contributed by atoms with Crippen molar-refractivity contribution in [2.75, 3.05) is 11.1 Å². The molecule has 1 aromatic heterocycles. The third kappa shape index (κ3) is 3.08. The van der Waals surface area contributed by atoms with Gasteiger partial charge in [-0.2, -0.15) is 0 Å². The summed E-state index contributed by atoms with van der Waals surface area (Å²) in [5.74, 6) is -0.906. The van der Waals surface area contributed by atoms with Crippen molar-refractivity contribution in [3.05, 3.63) is 52.0 Å². The predicted molar refractivity (Wildman–Crippen MR) is 75.4 cm³/mol. The quantitative estimate of drug-likeness (QED) is 0.659. The van der Waals surface area contributed by atoms with Gasteiger partial charge in [0.1, 0.15) is 10.4 Å². The van der Waals surface area contributed by atoms with Gasteiger partial charge in [0.15, 0.2) is 0 Å². The first kappa shape index (κ1) is 13.5. The van der Waals surface area contributed by atoms with E-state index in [9.17, 15) is 9.18 Å². The van der Waals surface area contributed by atoms with Gasteiger partial charge in [-0.25, -0.2) is 9.37 Å². The maximum atomic E-state index is 13.0. The minimum Gasteiger partial charge on any atom is -0.396 e. The van der Waals surface area contributed by atoms with Crippen molar-refractivity contribution in [2.24, 2.45) is 0 Å². The number of benzene rings is 1. The number of pyridine rings is 1. The Morgan fingerprint density at radius 3 is 2.74 bits per heavy atom. The maximum absolute atomic E-state index is 13.0. The van der Waals surface area contributed by atoms with E-state index in [4.69, 9.17) is 5.73 Å². The minimum atomic E-state index is -0.543. The molecule has 6 heteroatoms. The van der Waals surface area contributed by atoms with E-state index in [0.29, 0.717) is 21.5 Å². The third-order valence-corrected chi connectivity index (χ3v) is 3.00. The molecule has 0 bridgehead atoms. The van der Waals surface area contributed by atoms with Crippen LogP contribution in [0, 0.1) is 12.7 Å². The van der Waals surface area contributed by atoms with Crippen molar-refractivity contribution in [2.45, 2.75) is 6.92 Å². The number of aryl methyl sites for hydroxylation is 1. The highest BCUT2D eigenvalue weighted by atomic mass is 79.9. The summed E-state index contributed by atoms with van der Waals surface area (Å²) >= 11 is 3.24. The number of nitrogens with two attached hydrogens (primary N) is 1. The van der Waals surface area contributed by atoms with Crippen molar-refractivity contribution >= 4 is 33.2 Å². The van der Waals surface area contributed by atoms with Crippen LogP contribution >= 0.6 is 15.9 Å². The number of nitrogens with one attached hydrogen (secondary N) is 1. The highest BCUT2D eigenvalue weighted by molar-refractivity contribution is 9.10. The standard InChI is InChI=1S/C13H11BrFN3O/c1-7-11(4-5-12(14)17-7)18-13(19)8-2-3-9(15)10(16)6-8/h2-6H,16H2,1H3,(H,18,19). The van der Waals surface area contributed by atoms with E-state index in [0.717, 1.165) is 6.07 Å². The van der Waals surface area contributed by atoms with Crippen molar-refractivity contribution in [3.8, 4) is 0 Å². The Hall–Kier alpha value is -1.95. The number of aromatic nitrogens is 1. The lowest BCUT2D eigenvalue weighted by molar-refractivity contribution is 0.102. The van der Waals surface area contributed by atoms with Crippen LogP contribution in [-0.4, -0.2) is 10.9 Å². The first-order valence-corrected chi connectivity index (χ1v) is 6.26. The van der Waals surface area contributed by atoms with Gasteiger partial charge in [0.25, 0.3) is 5.91 Å². The number of hydrogen-bond donors (Lipinski definition) is 2. The molecule has 4 nitrogen and oxygen atoms in total. The molecule has 3 N–H and O–H groups in total. The topological polar surface area (TPSA) is 68.0 Å². The number of amides is 1. The average Bonchev–Trinajstić information content (AvgIpc) is 2.36. The smallest absolute Gasteiger partial charge is 0.255 e. The van der Waals surface area contributed by atoms with Gasteiger partial charge in [-0.3, -0.25) is 4.79 Å². The van der Waals surface area contributed by atoms with E-state index in [1.165, 1.54) is 12.1 Å². The molecule has 0 aliphatic carbocycles. The van der Waals surface area contributed by atoms with Crippen LogP contribution in [-0.2, 0) is 0 Å². The van der Waals surface area contributed by atoms with E-state index in [2.05, 4.69) is 26.2 Å². The zero-order valence-corrected chi connectivity index (χ0v) is 11.7. The number of carbonyl (C=O) groups excluding carboxylic acids is 1. The predicted octanol–water partition coefficient (Wildman–Crippen LogP) is 3.13. The van der Waals surface area contributed by atoms with Gasteiger partial charge in [0, 0.05) is 5.56 Å². The van der Waals surface area contributed by atoms with Crippen LogP contribution in [0.3, 0.4) is 0 Å². The fraction of sp³-hybridized carbons (Fsp3) is 0.0769. The maximum Gasteiger partial charge on any atom is 0.255 e. The molecule has 0 saturated heterocycles. The van der Waals surface area contributed by atoms with Gasteiger partial charge < -0.3 is 11.1 Å². The highest BCUT2D eigenvalue weighted by Crippen LogP contribution is 2.18. The molecular weight excluding hydrogens is 313 g/mol. The van der Waals surface area contributed by atoms with E-state index >= 15 is 0 Å². The van der Waals surface area contributed by atoms with Crippen LogP contribution in [0.4, 0.5) is 15.8 Å². The molecule has 0 atom stereocenters. The molecule has 2 rings (SSSR count). The van der Waals surface area contributed by atoms with Crippen LogP contribution < -0.4 is 11.1 Å². The number of nitrogen functional groups attached to an aromatic ring is 1. The van der Waals surface area contributed by atoms with E-state index in [-0.39, 0.29) is 11.6 Å². The molecule has 98 valence electrons. The average molecular weight is 324 g/mol. The lowest BCUT2D eigenvalue weighted by Crippen LogP contribution is -2.13. The zero-order valence-electron chi connectivity index (χ0n) is 10.1. The summed E-state index contributed by atoms with van der Waals surface area (Å²) in [6.07, 6.45) is 0. The molecule has 1 heterocycles. The second kappa shape index (κ2) is 5.36. The highest BCUT2D eigenvalue weighted by Gasteiger charge is 2.10. The van der Waals surface area contributed by atoms with Crippen molar-refractivity contribution < 1.29 is 9.18 Å². The Balaban J connectivity index is 2.23. The molecule has 19 heavy (non-hydrogen) atoms. The summed E-state index contributed by atoms with van der Waals surface area (Å²) in [4.78, 5) is 16.2. The molecular formula is C13H11BrFN3O. The molecule has 0 aliphatic heterocycles. The minimum absolute atomic E-state index is 0.0571. The first-order valence-electron chi connectivity index (χ1n) is 5.47. The molecule has 1 amide bonds. The number of hydrogen-bond acceptors (Lipinski definition) is 3. The fourth-order valence-electron chi connectivity index (χ4n) is 1.54. The number of halogens is 2. The van der Waals surface area contributed by atoms with Crippen LogP contribution in [0.5, 0.6) is 0 Å². The number of nitrogens with zero attached hydrogens (tertiary/aromatic N) is 1. The lowest BCUT2D eigenvalue weighted by atomic mass is 10.1. The molecule has 0 radical (unpaired) electrons. The molecule has 2 aromatic rings. The van der Waals surface area contributed by atoms with Crippen LogP contribution in [0.2, 0.25) is 0 Å². The zero-order chi connectivity index (χ0) is 14.0. The largest absolute Gasteiger partial charge is 0.396 e. The van der Waals surface area contributed by atoms with Gasteiger partial charge in [-0.05, 0) is 53.2 Å². The summed E-state index contributed by atoms with van der Waals surface area (Å²) in [5.41, 5.74) is 6.94. The Labute approximate surface area is 118 Å². The van der Waals surface area contributed by atoms with E-state index in [1.54, 1.807) is 19.1 Å². The third-order valence-electron chi connectivity index (χ3n) is 2.56. The lowest BCUT2D eigenvalue weighted by Gasteiger charge is -2.08. The Bertz CT molecular complexity index is 646. The van der Waals surface area contributed by atoms with Gasteiger partial charge >= 0.3 is 0 Å². The molecule has 0 spiro atoms. The molecule has 0 aliphatic rings. The Morgan fingerprint density at radius 2 is 2.11 bits per heavy atom. The second-order valence-corrected chi connectivity index (χ2v) is 4.77. The summed E-state index contributed by atoms with van der Waals surface area (Å²) in [6, 6.07) is 7.30. The monoisotopic (exact) mass is 323 g/mol. The first-order chi connectivity index (χ1) is 8.97. The van der Waals surface area contributed by atoms with Crippen molar-refractivity contribution in [3.63, 3.8) is 0 Å². The van der Waals surface area contributed by atoms with Crippen LogP contribution in [0.15, 0.2) is 34.9 Å². The van der Waals surface area contributed by atoms with Gasteiger partial charge in [0.05, 0.1) is 17.1 Å². The number of carbonyl (C=O) groups is 1. The van der Waals surface area contributed by atoms with E-state index in [1.807, 2.05) is 0 Å². The second-order valence-electron chi connectivity index (χ2n) is 3.96. The molecule has 0 unspecified atom stereocenters. The van der Waals surface area contributed by atoms with Crippen molar-refractivity contribution in [1.82, 2.24) is 4.98 Å². The van der Waals surface area contributed by atoms with Crippen molar-refractivity contribution in [1.29, 1.82) is 0 Å². The van der Waals surface area contributed by atoms with Gasteiger partial charge in [0.2, 0.25) is 0 Å². The molecule has 0 fully saturated rings. The van der Waals surface area contributed by atoms with Crippen LogP contribution in [0.1, 0.15) is 16.1 Å². The summed E-state index contributed by atoms with van der Waals surface area (Å²) in [7, 11) is 0. The fourth-order valence-corrected chi connectivity index (χ4v) is 1.94. The normalized spacial score (nSPS) is 10.3. The number of anilines is 2. The SMILES string of the molecule is Cc1nc(Br)ccc1NC(=O)c1ccc(F)c(N)c1. The molecule has 1 aromatic carbocycles. The molecule has 0 saturated carbocycles. The van der Waals surface area contributed by atoms with Gasteiger partial charge in [-0.15, -0.1) is 0 Å². The number of rotatable bonds is 2. The Kier molecular flexibility index (Phi) is 3.80. The Morgan fingerprint density at radius 1 is 1.37 bits per heavy atom. The summed E-state index contributed by atoms with van der Waals surface area (Å²) in [5, 5.41) is 2.70. The van der Waals surface area contributed by atoms with Gasteiger partial charge in [-0.1, -0.05) is 0 Å². The summed E-state index contributed by atoms with van der Waals surface area (Å²) in [6.45, 7) is 1.78. The van der Waals surface area contributed by atoms with E-state index < -0.39 is 5.82 Å². The summed E-state index contributed by atoms with van der Waals surface area (Å²) < 4.78 is 13.7. The van der Waals surface area contributed by atoms with Crippen LogP contribution in [0.25, 0.3) is 0 Å².